The number of para-hydroxylation sites is 1. The zero-order chi connectivity index (χ0) is 17.3. The van der Waals surface area contributed by atoms with Crippen molar-refractivity contribution in [2.45, 2.75) is 31.3 Å². The molecule has 0 aliphatic heterocycles. The fourth-order valence-corrected chi connectivity index (χ4v) is 2.92. The van der Waals surface area contributed by atoms with Gasteiger partial charge in [0.05, 0.1) is 12.9 Å². The molecule has 1 aromatic carbocycles. The van der Waals surface area contributed by atoms with Gasteiger partial charge in [-0.15, -0.1) is 0 Å². The zero-order valence-electron chi connectivity index (χ0n) is 13.9. The maximum absolute atomic E-state index is 5.88. The van der Waals surface area contributed by atoms with E-state index in [2.05, 4.69) is 4.99 Å². The number of rotatable bonds is 9. The third kappa shape index (κ3) is 5.14. The van der Waals surface area contributed by atoms with E-state index in [0.29, 0.717) is 20.0 Å². The van der Waals surface area contributed by atoms with E-state index in [1.807, 2.05) is 41.3 Å². The highest BCUT2D eigenvalue weighted by Gasteiger charge is 2.39. The minimum Gasteiger partial charge on any atom is -0.489 e. The first-order valence-electron chi connectivity index (χ1n) is 8.17. The Bertz CT molecular complexity index is 537. The van der Waals surface area contributed by atoms with Gasteiger partial charge in [-0.1, -0.05) is 18.2 Å². The highest BCUT2D eigenvalue weighted by molar-refractivity contribution is 5.76. The van der Waals surface area contributed by atoms with Crippen LogP contribution in [0.2, 0.25) is 0 Å². The number of nitrogens with zero attached hydrogens (tertiary/aromatic N) is 2. The average Bonchev–Trinajstić information content (AvgIpc) is 3.03. The van der Waals surface area contributed by atoms with Gasteiger partial charge in [0.25, 0.3) is 0 Å². The van der Waals surface area contributed by atoms with Crippen molar-refractivity contribution in [1.29, 1.82) is 0 Å². The van der Waals surface area contributed by atoms with Gasteiger partial charge in [-0.05, 0) is 43.9 Å². The summed E-state index contributed by atoms with van der Waals surface area (Å²) in [5.41, 5.74) is 16.6. The minimum atomic E-state index is -0.442. The van der Waals surface area contributed by atoms with E-state index in [-0.39, 0.29) is 5.96 Å². The quantitative estimate of drug-likeness (QED) is 0.272. The first-order chi connectivity index (χ1) is 11.7. The molecule has 1 aliphatic carbocycles. The molecular weight excluding hydrogens is 306 g/mol. The van der Waals surface area contributed by atoms with Gasteiger partial charge in [0.1, 0.15) is 24.8 Å². The minimum absolute atomic E-state index is 0.0853. The molecule has 132 valence electrons. The number of nitrogens with two attached hydrogens (primary N) is 3. The van der Waals surface area contributed by atoms with E-state index in [9.17, 15) is 0 Å². The molecule has 1 aliphatic rings. The Hall–Kier alpha value is -2.25. The molecule has 1 aromatic rings. The third-order valence-corrected chi connectivity index (χ3v) is 4.06. The van der Waals surface area contributed by atoms with Crippen molar-refractivity contribution >= 4 is 5.96 Å². The number of guanidine groups is 1. The van der Waals surface area contributed by atoms with E-state index < -0.39 is 5.66 Å². The molecule has 1 saturated carbocycles. The first-order valence-corrected chi connectivity index (χ1v) is 8.17. The number of ether oxygens (including phenoxy) is 2. The predicted molar refractivity (Wildman–Crippen MR) is 94.9 cm³/mol. The first kappa shape index (κ1) is 18.1. The van der Waals surface area contributed by atoms with Crippen molar-refractivity contribution in [1.82, 2.24) is 4.90 Å². The van der Waals surface area contributed by atoms with Crippen LogP contribution in [0.3, 0.4) is 0 Å². The highest BCUT2D eigenvalue weighted by atomic mass is 16.5. The number of aliphatic imine (C=N–C) groups is 1. The lowest BCUT2D eigenvalue weighted by molar-refractivity contribution is 0.00549. The normalized spacial score (nSPS) is 16.4. The standard InChI is InChI=1S/C17H27N5O2/c18-13-22(17(21-16(19)20)9-4-5-10-17)14-23-11-6-12-24-15-7-2-1-3-8-15/h1-3,6-8,11H,4-5,9-10,12-14,18H2,(H4,19,20,21)/b11-6+. The summed E-state index contributed by atoms with van der Waals surface area (Å²) in [6, 6.07) is 9.62. The molecule has 0 bridgehead atoms. The molecule has 7 nitrogen and oxygen atoms in total. The Morgan fingerprint density at radius 2 is 1.92 bits per heavy atom. The van der Waals surface area contributed by atoms with Gasteiger partial charge in [0.15, 0.2) is 5.96 Å². The summed E-state index contributed by atoms with van der Waals surface area (Å²) in [7, 11) is 0. The second-order valence-electron chi connectivity index (χ2n) is 5.74. The van der Waals surface area contributed by atoms with Gasteiger partial charge >= 0.3 is 0 Å². The fourth-order valence-electron chi connectivity index (χ4n) is 2.92. The van der Waals surface area contributed by atoms with Crippen LogP contribution in [0.5, 0.6) is 5.75 Å². The summed E-state index contributed by atoms with van der Waals surface area (Å²) < 4.78 is 11.1. The monoisotopic (exact) mass is 333 g/mol. The van der Waals surface area contributed by atoms with Crippen LogP contribution in [0.1, 0.15) is 25.7 Å². The second-order valence-corrected chi connectivity index (χ2v) is 5.74. The Kier molecular flexibility index (Phi) is 6.89. The van der Waals surface area contributed by atoms with Gasteiger partial charge in [0, 0.05) is 0 Å². The molecule has 0 amide bonds. The van der Waals surface area contributed by atoms with Gasteiger partial charge in [0.2, 0.25) is 0 Å². The Labute approximate surface area is 143 Å². The lowest BCUT2D eigenvalue weighted by Crippen LogP contribution is -2.50. The van der Waals surface area contributed by atoms with Crippen LogP contribution in [0, 0.1) is 0 Å². The molecule has 2 rings (SSSR count). The van der Waals surface area contributed by atoms with E-state index in [1.54, 1.807) is 6.26 Å². The molecule has 6 N–H and O–H groups in total. The molecule has 24 heavy (non-hydrogen) atoms. The smallest absolute Gasteiger partial charge is 0.187 e. The van der Waals surface area contributed by atoms with E-state index >= 15 is 0 Å². The van der Waals surface area contributed by atoms with Gasteiger partial charge in [-0.25, -0.2) is 9.89 Å². The van der Waals surface area contributed by atoms with Crippen LogP contribution in [0.25, 0.3) is 0 Å². The van der Waals surface area contributed by atoms with Crippen molar-refractivity contribution in [3.8, 4) is 5.75 Å². The lowest BCUT2D eigenvalue weighted by Gasteiger charge is -2.36. The summed E-state index contributed by atoms with van der Waals surface area (Å²) in [5.74, 6) is 0.908. The molecule has 0 radical (unpaired) electrons. The SMILES string of the molecule is NCN(CO/C=C/COc1ccccc1)C1(N=C(N)N)CCCC1. The van der Waals surface area contributed by atoms with Gasteiger partial charge < -0.3 is 26.7 Å². The van der Waals surface area contributed by atoms with Crippen molar-refractivity contribution in [3.63, 3.8) is 0 Å². The van der Waals surface area contributed by atoms with Crippen LogP contribution < -0.4 is 21.9 Å². The predicted octanol–water partition coefficient (Wildman–Crippen LogP) is 1.32. The summed E-state index contributed by atoms with van der Waals surface area (Å²) in [6.45, 7) is 1.09. The number of benzene rings is 1. The molecule has 0 unspecified atom stereocenters. The molecular formula is C17H27N5O2. The van der Waals surface area contributed by atoms with E-state index in [4.69, 9.17) is 26.7 Å². The highest BCUT2D eigenvalue weighted by Crippen LogP contribution is 2.36. The maximum atomic E-state index is 5.88. The van der Waals surface area contributed by atoms with Crippen molar-refractivity contribution in [2.24, 2.45) is 22.2 Å². The van der Waals surface area contributed by atoms with E-state index in [1.165, 1.54) is 0 Å². The zero-order valence-corrected chi connectivity index (χ0v) is 13.9. The molecule has 0 aromatic heterocycles. The lowest BCUT2D eigenvalue weighted by atomic mass is 10.1. The van der Waals surface area contributed by atoms with Crippen LogP contribution in [-0.4, -0.2) is 36.5 Å². The number of hydrogen-bond acceptors (Lipinski definition) is 5. The molecule has 0 saturated heterocycles. The van der Waals surface area contributed by atoms with Crippen LogP contribution >= 0.6 is 0 Å². The van der Waals surface area contributed by atoms with Crippen molar-refractivity contribution < 1.29 is 9.47 Å². The van der Waals surface area contributed by atoms with Crippen molar-refractivity contribution in [3.05, 3.63) is 42.7 Å². The maximum Gasteiger partial charge on any atom is 0.187 e. The third-order valence-electron chi connectivity index (χ3n) is 4.06. The second kappa shape index (κ2) is 9.14. The summed E-state index contributed by atoms with van der Waals surface area (Å²) in [6.07, 6.45) is 7.34. The van der Waals surface area contributed by atoms with Crippen LogP contribution in [-0.2, 0) is 4.74 Å². The summed E-state index contributed by atoms with van der Waals surface area (Å²) >= 11 is 0. The number of hydrogen-bond donors (Lipinski definition) is 3. The van der Waals surface area contributed by atoms with Gasteiger partial charge in [-0.2, -0.15) is 0 Å². The Morgan fingerprint density at radius 3 is 2.54 bits per heavy atom. The average molecular weight is 333 g/mol. The van der Waals surface area contributed by atoms with Gasteiger partial charge in [-0.3, -0.25) is 0 Å². The van der Waals surface area contributed by atoms with Crippen LogP contribution in [0.4, 0.5) is 0 Å². The fraction of sp³-hybridized carbons (Fsp3) is 0.471. The van der Waals surface area contributed by atoms with Crippen molar-refractivity contribution in [2.75, 3.05) is 20.0 Å². The largest absolute Gasteiger partial charge is 0.489 e. The summed E-state index contributed by atoms with van der Waals surface area (Å²) in [5, 5.41) is 0. The summed E-state index contributed by atoms with van der Waals surface area (Å²) in [4.78, 5) is 6.38. The Morgan fingerprint density at radius 1 is 1.21 bits per heavy atom. The molecule has 0 spiro atoms. The Balaban J connectivity index is 1.80. The molecule has 0 atom stereocenters. The molecule has 0 heterocycles. The van der Waals surface area contributed by atoms with Crippen LogP contribution in [0.15, 0.2) is 47.7 Å². The topological polar surface area (TPSA) is 112 Å². The molecule has 7 heteroatoms. The van der Waals surface area contributed by atoms with E-state index in [0.717, 1.165) is 31.4 Å². The molecule has 1 fully saturated rings.